The van der Waals surface area contributed by atoms with Gasteiger partial charge in [0.25, 0.3) is 0 Å². The van der Waals surface area contributed by atoms with Crippen molar-refractivity contribution in [2.75, 3.05) is 26.2 Å². The van der Waals surface area contributed by atoms with Crippen molar-refractivity contribution >= 4 is 23.5 Å². The Hall–Kier alpha value is -1.75. The molecule has 5 nitrogen and oxygen atoms in total. The second kappa shape index (κ2) is 9.40. The minimum Gasteiger partial charge on any atom is -0.357 e. The first kappa shape index (κ1) is 17.6. The molecule has 23 heavy (non-hydrogen) atoms. The third kappa shape index (κ3) is 6.10. The molecule has 1 fully saturated rings. The molecule has 0 aliphatic carbocycles. The van der Waals surface area contributed by atoms with Crippen LogP contribution in [-0.4, -0.2) is 42.9 Å². The predicted octanol–water partition coefficient (Wildman–Crippen LogP) is 2.41. The Morgan fingerprint density at radius 3 is 2.74 bits per heavy atom. The lowest BCUT2D eigenvalue weighted by Crippen LogP contribution is -2.39. The first-order valence-electron chi connectivity index (χ1n) is 8.23. The van der Waals surface area contributed by atoms with Gasteiger partial charge in [-0.15, -0.1) is 0 Å². The summed E-state index contributed by atoms with van der Waals surface area (Å²) in [6.45, 7) is 6.00. The Kier molecular flexibility index (Phi) is 7.20. The molecule has 0 unspecified atom stereocenters. The number of guanidine groups is 1. The highest BCUT2D eigenvalue weighted by atomic mass is 35.5. The molecule has 0 radical (unpaired) electrons. The molecule has 1 aliphatic rings. The van der Waals surface area contributed by atoms with Crippen LogP contribution in [0.15, 0.2) is 29.3 Å². The molecule has 1 aromatic carbocycles. The fourth-order valence-corrected chi connectivity index (χ4v) is 2.65. The molecule has 2 N–H and O–H groups in total. The van der Waals surface area contributed by atoms with Crippen LogP contribution < -0.4 is 10.6 Å². The van der Waals surface area contributed by atoms with Gasteiger partial charge in [-0.2, -0.15) is 0 Å². The highest BCUT2D eigenvalue weighted by Crippen LogP contribution is 2.10. The van der Waals surface area contributed by atoms with Gasteiger partial charge >= 0.3 is 0 Å². The molecule has 1 aromatic rings. The lowest BCUT2D eigenvalue weighted by molar-refractivity contribution is -0.127. The van der Waals surface area contributed by atoms with E-state index < -0.39 is 0 Å². The molecule has 2 rings (SSSR count). The molecule has 6 heteroatoms. The maximum atomic E-state index is 11.5. The molecule has 1 saturated heterocycles. The summed E-state index contributed by atoms with van der Waals surface area (Å²) in [5.74, 6) is 1.09. The summed E-state index contributed by atoms with van der Waals surface area (Å²) in [4.78, 5) is 18.1. The first-order chi connectivity index (χ1) is 11.2. The number of halogens is 1. The largest absolute Gasteiger partial charge is 0.357 e. The summed E-state index contributed by atoms with van der Waals surface area (Å²) in [6, 6.07) is 7.71. The minimum atomic E-state index is 0.285. The van der Waals surface area contributed by atoms with Crippen molar-refractivity contribution in [1.82, 2.24) is 15.5 Å². The first-order valence-corrected chi connectivity index (χ1v) is 8.61. The monoisotopic (exact) mass is 336 g/mol. The number of carbonyl (C=O) groups is 1. The number of carbonyl (C=O) groups excluding carboxylic acids is 1. The van der Waals surface area contributed by atoms with Crippen LogP contribution in [0.3, 0.4) is 0 Å². The van der Waals surface area contributed by atoms with Crippen LogP contribution in [0.4, 0.5) is 0 Å². The number of nitrogens with zero attached hydrogens (tertiary/aromatic N) is 2. The normalized spacial score (nSPS) is 15.1. The van der Waals surface area contributed by atoms with Crippen LogP contribution in [-0.2, 0) is 11.3 Å². The van der Waals surface area contributed by atoms with E-state index in [4.69, 9.17) is 11.6 Å². The molecule has 0 aromatic heterocycles. The van der Waals surface area contributed by atoms with Gasteiger partial charge in [-0.1, -0.05) is 23.7 Å². The zero-order valence-corrected chi connectivity index (χ0v) is 14.4. The Morgan fingerprint density at radius 1 is 1.30 bits per heavy atom. The van der Waals surface area contributed by atoms with Crippen molar-refractivity contribution in [3.63, 3.8) is 0 Å². The number of hydrogen-bond donors (Lipinski definition) is 2. The second-order valence-corrected chi connectivity index (χ2v) is 6.02. The number of rotatable bonds is 7. The van der Waals surface area contributed by atoms with Crippen molar-refractivity contribution in [3.8, 4) is 0 Å². The predicted molar refractivity (Wildman–Crippen MR) is 94.7 cm³/mol. The van der Waals surface area contributed by atoms with E-state index in [2.05, 4.69) is 15.6 Å². The average molecular weight is 337 g/mol. The number of nitrogens with one attached hydrogen (secondary N) is 2. The number of benzene rings is 1. The average Bonchev–Trinajstić information content (AvgIpc) is 2.96. The van der Waals surface area contributed by atoms with Gasteiger partial charge in [0.2, 0.25) is 5.91 Å². The van der Waals surface area contributed by atoms with Gasteiger partial charge in [0.15, 0.2) is 5.96 Å². The highest BCUT2D eigenvalue weighted by molar-refractivity contribution is 6.30. The molecule has 0 spiro atoms. The van der Waals surface area contributed by atoms with Crippen LogP contribution in [0, 0.1) is 0 Å². The van der Waals surface area contributed by atoms with Crippen molar-refractivity contribution in [1.29, 1.82) is 0 Å². The summed E-state index contributed by atoms with van der Waals surface area (Å²) in [5, 5.41) is 7.29. The zero-order chi connectivity index (χ0) is 16.5. The maximum absolute atomic E-state index is 11.5. The van der Waals surface area contributed by atoms with E-state index in [1.54, 1.807) is 0 Å². The van der Waals surface area contributed by atoms with Crippen LogP contribution in [0.2, 0.25) is 5.02 Å². The molecule has 1 amide bonds. The van der Waals surface area contributed by atoms with Crippen LogP contribution in [0.1, 0.15) is 31.7 Å². The Balaban J connectivity index is 1.75. The standard InChI is InChI=1S/C17H25ClN4O/c1-2-19-17(21-13-14-6-8-15(18)9-7-14)20-10-4-12-22-11-3-5-16(22)23/h6-9H,2-5,10-13H2,1H3,(H2,19,20,21). The molecule has 0 saturated carbocycles. The van der Waals surface area contributed by atoms with Gasteiger partial charge in [0.1, 0.15) is 0 Å². The van der Waals surface area contributed by atoms with Crippen molar-refractivity contribution in [2.24, 2.45) is 4.99 Å². The molecule has 1 aliphatic heterocycles. The third-order valence-corrected chi connectivity index (χ3v) is 4.00. The second-order valence-electron chi connectivity index (χ2n) is 5.59. The summed E-state index contributed by atoms with van der Waals surface area (Å²) >= 11 is 5.88. The van der Waals surface area contributed by atoms with Crippen molar-refractivity contribution in [2.45, 2.75) is 32.7 Å². The van der Waals surface area contributed by atoms with E-state index in [1.165, 1.54) is 0 Å². The van der Waals surface area contributed by atoms with Crippen LogP contribution >= 0.6 is 11.6 Å². The van der Waals surface area contributed by atoms with E-state index >= 15 is 0 Å². The lowest BCUT2D eigenvalue weighted by atomic mass is 10.2. The minimum absolute atomic E-state index is 0.285. The van der Waals surface area contributed by atoms with E-state index in [0.717, 1.165) is 55.6 Å². The number of hydrogen-bond acceptors (Lipinski definition) is 2. The number of amides is 1. The molecular weight excluding hydrogens is 312 g/mol. The van der Waals surface area contributed by atoms with Gasteiger partial charge in [-0.3, -0.25) is 4.79 Å². The van der Waals surface area contributed by atoms with E-state index in [0.29, 0.717) is 13.0 Å². The zero-order valence-electron chi connectivity index (χ0n) is 13.6. The van der Waals surface area contributed by atoms with E-state index in [1.807, 2.05) is 36.1 Å². The SMILES string of the molecule is CCNC(=NCc1ccc(Cl)cc1)NCCCN1CCCC1=O. The maximum Gasteiger partial charge on any atom is 0.222 e. The summed E-state index contributed by atoms with van der Waals surface area (Å²) in [5.41, 5.74) is 1.12. The van der Waals surface area contributed by atoms with E-state index in [-0.39, 0.29) is 5.91 Å². The Morgan fingerprint density at radius 2 is 2.09 bits per heavy atom. The highest BCUT2D eigenvalue weighted by Gasteiger charge is 2.18. The molecule has 126 valence electrons. The Bertz CT molecular complexity index is 530. The molecule has 0 atom stereocenters. The topological polar surface area (TPSA) is 56.7 Å². The summed E-state index contributed by atoms with van der Waals surface area (Å²) in [6.07, 6.45) is 2.63. The number of aliphatic imine (C=N–C) groups is 1. The van der Waals surface area contributed by atoms with Crippen LogP contribution in [0.5, 0.6) is 0 Å². The smallest absolute Gasteiger partial charge is 0.222 e. The molecule has 1 heterocycles. The number of likely N-dealkylation sites (tertiary alicyclic amines) is 1. The quantitative estimate of drug-likeness (QED) is 0.457. The molecular formula is C17H25ClN4O. The molecule has 0 bridgehead atoms. The van der Waals surface area contributed by atoms with Gasteiger partial charge in [-0.05, 0) is 37.5 Å². The van der Waals surface area contributed by atoms with Crippen LogP contribution in [0.25, 0.3) is 0 Å². The fraction of sp³-hybridized carbons (Fsp3) is 0.529. The fourth-order valence-electron chi connectivity index (χ4n) is 2.52. The van der Waals surface area contributed by atoms with Crippen molar-refractivity contribution < 1.29 is 4.79 Å². The van der Waals surface area contributed by atoms with Gasteiger partial charge in [0, 0.05) is 37.6 Å². The summed E-state index contributed by atoms with van der Waals surface area (Å²) in [7, 11) is 0. The summed E-state index contributed by atoms with van der Waals surface area (Å²) < 4.78 is 0. The van der Waals surface area contributed by atoms with Gasteiger partial charge < -0.3 is 15.5 Å². The van der Waals surface area contributed by atoms with E-state index in [9.17, 15) is 4.79 Å². The van der Waals surface area contributed by atoms with Gasteiger partial charge in [-0.25, -0.2) is 4.99 Å². The lowest BCUT2D eigenvalue weighted by Gasteiger charge is -2.16. The van der Waals surface area contributed by atoms with Crippen molar-refractivity contribution in [3.05, 3.63) is 34.9 Å². The third-order valence-electron chi connectivity index (χ3n) is 3.75. The van der Waals surface area contributed by atoms with Gasteiger partial charge in [0.05, 0.1) is 6.54 Å². The Labute approximate surface area is 143 Å².